The SMILES string of the molecule is C=C(C)[O-].OC[C@H]1O[C@@H]([n+]2c[nH]c3c(NCCCCc4sccc4Cl)ncnc32)[C@H](O)[C@@H]1O. The van der Waals surface area contributed by atoms with Gasteiger partial charge >= 0.3 is 5.65 Å². The minimum Gasteiger partial charge on any atom is -0.876 e. The summed E-state index contributed by atoms with van der Waals surface area (Å²) in [5.41, 5.74) is 1.20. The number of ether oxygens (including phenoxy) is 1. The van der Waals surface area contributed by atoms with Crippen LogP contribution in [0, 0.1) is 0 Å². The third-order valence-electron chi connectivity index (χ3n) is 5.03. The van der Waals surface area contributed by atoms with Crippen molar-refractivity contribution >= 4 is 39.9 Å². The molecule has 4 rings (SSSR count). The van der Waals surface area contributed by atoms with Crippen LogP contribution in [0.1, 0.15) is 30.9 Å². The average molecular weight is 498 g/mol. The zero-order valence-corrected chi connectivity index (χ0v) is 19.7. The van der Waals surface area contributed by atoms with Gasteiger partial charge in [-0.05, 0) is 30.7 Å². The third kappa shape index (κ3) is 6.19. The van der Waals surface area contributed by atoms with Gasteiger partial charge in [-0.3, -0.25) is 4.98 Å². The highest BCUT2D eigenvalue weighted by atomic mass is 35.5. The molecule has 4 heterocycles. The topological polar surface area (TPSA) is 150 Å². The van der Waals surface area contributed by atoms with Gasteiger partial charge in [0.2, 0.25) is 11.7 Å². The Hall–Kier alpha value is -2.28. The lowest BCUT2D eigenvalue weighted by atomic mass is 10.1. The van der Waals surface area contributed by atoms with Gasteiger partial charge in [0.1, 0.15) is 18.3 Å². The van der Waals surface area contributed by atoms with Gasteiger partial charge in [0.25, 0.3) is 0 Å². The number of hydrogen-bond donors (Lipinski definition) is 5. The molecule has 0 unspecified atom stereocenters. The number of halogens is 1. The Balaban J connectivity index is 0.000000709. The summed E-state index contributed by atoms with van der Waals surface area (Å²) in [5, 5.41) is 45.0. The second-order valence-electron chi connectivity index (χ2n) is 7.61. The highest BCUT2D eigenvalue weighted by molar-refractivity contribution is 7.10. The van der Waals surface area contributed by atoms with E-state index in [9.17, 15) is 20.4 Å². The van der Waals surface area contributed by atoms with E-state index in [0.29, 0.717) is 17.0 Å². The van der Waals surface area contributed by atoms with Crippen LogP contribution in [0.3, 0.4) is 0 Å². The van der Waals surface area contributed by atoms with Gasteiger partial charge in [-0.15, -0.1) is 23.7 Å². The Bertz CT molecular complexity index is 1060. The number of unbranched alkanes of at least 4 members (excludes halogenated alkanes) is 1. The number of thiophene rings is 1. The van der Waals surface area contributed by atoms with Crippen LogP contribution in [0.15, 0.2) is 36.4 Å². The number of nitrogens with zero attached hydrogens (tertiary/aromatic N) is 3. The van der Waals surface area contributed by atoms with Crippen molar-refractivity contribution in [3.8, 4) is 0 Å². The summed E-state index contributed by atoms with van der Waals surface area (Å²) < 4.78 is 7.19. The van der Waals surface area contributed by atoms with Crippen LogP contribution in [-0.4, -0.2) is 61.7 Å². The summed E-state index contributed by atoms with van der Waals surface area (Å²) in [6, 6.07) is 1.92. The standard InChI is InChI=1S/C18H22ClN5O4S.C3H6O/c19-10-4-6-29-12(10)3-1-2-5-20-16-13-17(22-8-21-16)24(9-23-13)18-15(27)14(26)11(7-25)28-18;1-3(2)4/h4,6,8-9,11,14-15,18,25-27H,1-3,5,7H2,(H,20,21,22);4H,1H2,2H3/t11-,14-,15-,18-;/m1./s1. The van der Waals surface area contributed by atoms with E-state index in [1.807, 2.05) is 11.4 Å². The molecule has 1 aliphatic rings. The van der Waals surface area contributed by atoms with Crippen LogP contribution in [0.5, 0.6) is 0 Å². The second kappa shape index (κ2) is 11.7. The number of imidazole rings is 1. The Labute approximate surface area is 200 Å². The molecule has 10 nitrogen and oxygen atoms in total. The van der Waals surface area contributed by atoms with Crippen LogP contribution in [0.4, 0.5) is 5.82 Å². The van der Waals surface area contributed by atoms with Gasteiger partial charge in [0, 0.05) is 11.4 Å². The first-order chi connectivity index (χ1) is 15.8. The molecule has 0 bridgehead atoms. The lowest BCUT2D eigenvalue weighted by Crippen LogP contribution is -2.45. The minimum atomic E-state index is -1.17. The van der Waals surface area contributed by atoms with E-state index in [1.165, 1.54) is 18.1 Å². The monoisotopic (exact) mass is 497 g/mol. The van der Waals surface area contributed by atoms with Crippen molar-refractivity contribution < 1.29 is 29.7 Å². The van der Waals surface area contributed by atoms with Crippen molar-refractivity contribution in [3.63, 3.8) is 0 Å². The quantitative estimate of drug-likeness (QED) is 0.175. The first kappa shape index (κ1) is 25.3. The maximum Gasteiger partial charge on any atom is 0.309 e. The second-order valence-corrected chi connectivity index (χ2v) is 9.02. The van der Waals surface area contributed by atoms with Crippen molar-refractivity contribution in [2.75, 3.05) is 18.5 Å². The zero-order valence-electron chi connectivity index (χ0n) is 18.1. The molecule has 0 spiro atoms. The summed E-state index contributed by atoms with van der Waals surface area (Å²) >= 11 is 7.80. The fourth-order valence-electron chi connectivity index (χ4n) is 3.46. The number of fused-ring (bicyclic) bond motifs is 1. The molecule has 5 N–H and O–H groups in total. The molecule has 3 aromatic rings. The molecule has 3 aromatic heterocycles. The molecule has 180 valence electrons. The van der Waals surface area contributed by atoms with Gasteiger partial charge < -0.3 is 30.5 Å². The number of aromatic nitrogens is 4. The summed E-state index contributed by atoms with van der Waals surface area (Å²) in [6.45, 7) is 4.78. The maximum absolute atomic E-state index is 10.3. The average Bonchev–Trinajstić information content (AvgIpc) is 3.46. The Morgan fingerprint density at radius 2 is 2.12 bits per heavy atom. The summed E-state index contributed by atoms with van der Waals surface area (Å²) in [4.78, 5) is 12.9. The van der Waals surface area contributed by atoms with E-state index in [0.717, 1.165) is 30.8 Å². The van der Waals surface area contributed by atoms with Gasteiger partial charge in [0.15, 0.2) is 18.5 Å². The summed E-state index contributed by atoms with van der Waals surface area (Å²) in [7, 11) is 0. The largest absolute Gasteiger partial charge is 0.876 e. The summed E-state index contributed by atoms with van der Waals surface area (Å²) in [5.74, 6) is 0.564. The van der Waals surface area contributed by atoms with Crippen molar-refractivity contribution in [1.29, 1.82) is 0 Å². The van der Waals surface area contributed by atoms with Crippen molar-refractivity contribution in [2.24, 2.45) is 0 Å². The maximum atomic E-state index is 10.3. The first-order valence-electron chi connectivity index (χ1n) is 10.5. The number of rotatable bonds is 8. The molecule has 0 amide bonds. The Morgan fingerprint density at radius 3 is 2.76 bits per heavy atom. The van der Waals surface area contributed by atoms with E-state index >= 15 is 0 Å². The van der Waals surface area contributed by atoms with E-state index < -0.39 is 24.5 Å². The number of hydrogen-bond acceptors (Lipinski definition) is 9. The lowest BCUT2D eigenvalue weighted by molar-refractivity contribution is -0.745. The zero-order chi connectivity index (χ0) is 24.0. The van der Waals surface area contributed by atoms with Crippen LogP contribution >= 0.6 is 22.9 Å². The highest BCUT2D eigenvalue weighted by Gasteiger charge is 2.46. The molecule has 1 aliphatic heterocycles. The van der Waals surface area contributed by atoms with Crippen LogP contribution in [0.2, 0.25) is 5.02 Å². The fourth-order valence-corrected chi connectivity index (χ4v) is 4.64. The molecule has 33 heavy (non-hydrogen) atoms. The van der Waals surface area contributed by atoms with Gasteiger partial charge in [0.05, 0.1) is 11.6 Å². The van der Waals surface area contributed by atoms with E-state index in [4.69, 9.17) is 16.3 Å². The molecule has 0 saturated carbocycles. The Kier molecular flexibility index (Phi) is 9.01. The van der Waals surface area contributed by atoms with Crippen LogP contribution in [0.25, 0.3) is 11.2 Å². The van der Waals surface area contributed by atoms with Crippen molar-refractivity contribution in [2.45, 2.75) is 50.7 Å². The van der Waals surface area contributed by atoms with Gasteiger partial charge in [-0.25, -0.2) is 4.57 Å². The number of aliphatic hydroxyl groups is 3. The summed E-state index contributed by atoms with van der Waals surface area (Å²) in [6.07, 6.45) is 1.92. The number of allylic oxidation sites excluding steroid dienone is 1. The number of H-pyrrole nitrogens is 1. The predicted octanol–water partition coefficient (Wildman–Crippen LogP) is 0.887. The third-order valence-corrected chi connectivity index (χ3v) is 6.47. The molecule has 1 saturated heterocycles. The molecule has 1 fully saturated rings. The van der Waals surface area contributed by atoms with Crippen LogP contribution in [-0.2, 0) is 11.2 Å². The number of aliphatic hydroxyl groups excluding tert-OH is 3. The van der Waals surface area contributed by atoms with Crippen molar-refractivity contribution in [1.82, 2.24) is 15.0 Å². The predicted molar refractivity (Wildman–Crippen MR) is 123 cm³/mol. The number of aryl methyl sites for hydroxylation is 1. The fraction of sp³-hybridized carbons (Fsp3) is 0.476. The van der Waals surface area contributed by atoms with E-state index in [1.54, 1.807) is 22.2 Å². The molecule has 0 aromatic carbocycles. The van der Waals surface area contributed by atoms with Gasteiger partial charge in [-0.2, -0.15) is 4.98 Å². The molecule has 4 atom stereocenters. The lowest BCUT2D eigenvalue weighted by Gasteiger charge is -2.12. The number of anilines is 1. The van der Waals surface area contributed by atoms with E-state index in [-0.39, 0.29) is 12.4 Å². The molecular formula is C21H28ClN5O5S. The first-order valence-corrected chi connectivity index (χ1v) is 11.7. The normalized spacial score (nSPS) is 22.2. The van der Waals surface area contributed by atoms with Gasteiger partial charge in [-0.1, -0.05) is 23.5 Å². The van der Waals surface area contributed by atoms with E-state index in [2.05, 4.69) is 26.8 Å². The van der Waals surface area contributed by atoms with Crippen LogP contribution < -0.4 is 15.0 Å². The molecule has 0 radical (unpaired) electrons. The number of nitrogens with one attached hydrogen (secondary N) is 2. The molecular weight excluding hydrogens is 470 g/mol. The highest BCUT2D eigenvalue weighted by Crippen LogP contribution is 2.27. The molecule has 12 heteroatoms. The minimum absolute atomic E-state index is 0.0833. The number of aromatic amines is 1. The molecule has 0 aliphatic carbocycles. The smallest absolute Gasteiger partial charge is 0.309 e. The Morgan fingerprint density at radius 1 is 1.36 bits per heavy atom. The van der Waals surface area contributed by atoms with Crippen molar-refractivity contribution in [3.05, 3.63) is 46.3 Å².